The van der Waals surface area contributed by atoms with Crippen LogP contribution in [0.4, 0.5) is 0 Å². The third kappa shape index (κ3) is 4.68. The number of carbonyl (C=O) groups is 1. The van der Waals surface area contributed by atoms with Crippen molar-refractivity contribution in [1.82, 2.24) is 24.1 Å². The van der Waals surface area contributed by atoms with E-state index >= 15 is 0 Å². The number of nitrogens with zero attached hydrogens (tertiary/aromatic N) is 5. The number of rotatable bonds is 7. The van der Waals surface area contributed by atoms with E-state index in [1.807, 2.05) is 31.1 Å². The van der Waals surface area contributed by atoms with Crippen LogP contribution in [0.5, 0.6) is 0 Å². The number of fused-ring (bicyclic) bond motifs is 1. The summed E-state index contributed by atoms with van der Waals surface area (Å²) < 4.78 is 1.57. The summed E-state index contributed by atoms with van der Waals surface area (Å²) in [6.07, 6.45) is 1.75. The molecule has 7 nitrogen and oxygen atoms in total. The Bertz CT molecular complexity index is 897. The molecular weight excluding hydrogens is 374 g/mol. The van der Waals surface area contributed by atoms with Crippen molar-refractivity contribution in [3.63, 3.8) is 0 Å². The topological polar surface area (TPSA) is 61.2 Å². The fourth-order valence-electron chi connectivity index (χ4n) is 3.60. The van der Waals surface area contributed by atoms with E-state index in [-0.39, 0.29) is 17.5 Å². The quantitative estimate of drug-likeness (QED) is 0.659. The van der Waals surface area contributed by atoms with Gasteiger partial charge in [0.15, 0.2) is 4.96 Å². The Labute approximate surface area is 169 Å². The molecule has 0 radical (unpaired) electrons. The van der Waals surface area contributed by atoms with Crippen molar-refractivity contribution in [3.8, 4) is 0 Å². The van der Waals surface area contributed by atoms with Crippen molar-refractivity contribution in [3.05, 3.63) is 45.8 Å². The predicted octanol–water partition coefficient (Wildman–Crippen LogP) is 1.69. The number of amides is 1. The summed E-state index contributed by atoms with van der Waals surface area (Å²) in [5.74, 6) is 0.164. The second kappa shape index (κ2) is 8.98. The van der Waals surface area contributed by atoms with E-state index in [0.29, 0.717) is 19.6 Å². The van der Waals surface area contributed by atoms with E-state index < -0.39 is 0 Å². The zero-order chi connectivity index (χ0) is 20.3. The average Bonchev–Trinajstić information content (AvgIpc) is 3.14. The lowest BCUT2D eigenvalue weighted by molar-refractivity contribution is -0.136. The fraction of sp³-hybridized carbons (Fsp3) is 0.550. The fourth-order valence-corrected chi connectivity index (χ4v) is 4.34. The summed E-state index contributed by atoms with van der Waals surface area (Å²) in [5, 5.41) is 1.87. The summed E-state index contributed by atoms with van der Waals surface area (Å²) in [7, 11) is 0. The van der Waals surface area contributed by atoms with Gasteiger partial charge in [-0.3, -0.25) is 23.8 Å². The lowest BCUT2D eigenvalue weighted by Gasteiger charge is -2.38. The van der Waals surface area contributed by atoms with Gasteiger partial charge < -0.3 is 4.90 Å². The third-order valence-corrected chi connectivity index (χ3v) is 5.96. The summed E-state index contributed by atoms with van der Waals surface area (Å²) in [5.41, 5.74) is 1.78. The van der Waals surface area contributed by atoms with E-state index in [0.717, 1.165) is 42.4 Å². The lowest BCUT2D eigenvalue weighted by atomic mass is 10.2. The third-order valence-electron chi connectivity index (χ3n) is 5.21. The number of hydrogen-bond acceptors (Lipinski definition) is 6. The first-order valence-electron chi connectivity index (χ1n) is 9.74. The summed E-state index contributed by atoms with van der Waals surface area (Å²) >= 11 is 1.47. The van der Waals surface area contributed by atoms with Crippen molar-refractivity contribution in [2.24, 2.45) is 0 Å². The number of thiazole rings is 1. The minimum Gasteiger partial charge on any atom is -0.338 e. The smallest absolute Gasteiger partial charge is 0.258 e. The monoisotopic (exact) mass is 403 g/mol. The van der Waals surface area contributed by atoms with Gasteiger partial charge in [0, 0.05) is 63.5 Å². The molecule has 0 aliphatic carbocycles. The van der Waals surface area contributed by atoms with Crippen molar-refractivity contribution in [2.75, 3.05) is 39.3 Å². The van der Waals surface area contributed by atoms with Crippen LogP contribution in [0, 0.1) is 0 Å². The molecule has 2 aromatic rings. The van der Waals surface area contributed by atoms with Gasteiger partial charge in [-0.25, -0.2) is 4.98 Å². The highest BCUT2D eigenvalue weighted by Gasteiger charge is 2.28. The summed E-state index contributed by atoms with van der Waals surface area (Å²) in [6.45, 7) is 15.2. The van der Waals surface area contributed by atoms with Crippen molar-refractivity contribution >= 4 is 22.2 Å². The van der Waals surface area contributed by atoms with E-state index in [9.17, 15) is 9.59 Å². The van der Waals surface area contributed by atoms with Crippen LogP contribution in [-0.2, 0) is 11.3 Å². The number of piperazine rings is 1. The molecule has 0 aromatic carbocycles. The highest BCUT2D eigenvalue weighted by atomic mass is 32.1. The Morgan fingerprint density at radius 1 is 1.36 bits per heavy atom. The molecule has 1 atom stereocenters. The SMILES string of the molecule is C=C(C)CN(CC)C(=O)C(C)N1CCN(Cc2cc(=O)n3ccsc3n2)CC1. The van der Waals surface area contributed by atoms with Crippen LogP contribution in [0.2, 0.25) is 0 Å². The first-order chi connectivity index (χ1) is 13.4. The molecule has 8 heteroatoms. The Balaban J connectivity index is 1.56. The van der Waals surface area contributed by atoms with Gasteiger partial charge in [-0.15, -0.1) is 11.3 Å². The van der Waals surface area contributed by atoms with Gasteiger partial charge >= 0.3 is 0 Å². The number of hydrogen-bond donors (Lipinski definition) is 0. The molecule has 0 saturated carbocycles. The van der Waals surface area contributed by atoms with Gasteiger partial charge in [-0.1, -0.05) is 12.2 Å². The molecule has 3 rings (SSSR count). The van der Waals surface area contributed by atoms with E-state index in [1.54, 1.807) is 16.7 Å². The van der Waals surface area contributed by atoms with Crippen molar-refractivity contribution in [1.29, 1.82) is 0 Å². The van der Waals surface area contributed by atoms with Crippen LogP contribution < -0.4 is 5.56 Å². The second-order valence-corrected chi connectivity index (χ2v) is 8.31. The molecule has 0 bridgehead atoms. The van der Waals surface area contributed by atoms with Gasteiger partial charge in [0.05, 0.1) is 11.7 Å². The van der Waals surface area contributed by atoms with Crippen LogP contribution in [0.15, 0.2) is 34.6 Å². The van der Waals surface area contributed by atoms with Crippen LogP contribution in [0.25, 0.3) is 4.96 Å². The largest absolute Gasteiger partial charge is 0.338 e. The molecule has 28 heavy (non-hydrogen) atoms. The van der Waals surface area contributed by atoms with E-state index in [1.165, 1.54) is 11.3 Å². The van der Waals surface area contributed by atoms with Crippen molar-refractivity contribution in [2.45, 2.75) is 33.4 Å². The molecule has 1 saturated heterocycles. The van der Waals surface area contributed by atoms with Crippen molar-refractivity contribution < 1.29 is 4.79 Å². The molecule has 3 heterocycles. The Kier molecular flexibility index (Phi) is 6.64. The van der Waals surface area contributed by atoms with Crippen LogP contribution >= 0.6 is 11.3 Å². The predicted molar refractivity (Wildman–Crippen MR) is 113 cm³/mol. The zero-order valence-corrected chi connectivity index (χ0v) is 17.7. The first kappa shape index (κ1) is 20.7. The summed E-state index contributed by atoms with van der Waals surface area (Å²) in [4.78, 5) is 36.7. The molecule has 2 aromatic heterocycles. The zero-order valence-electron chi connectivity index (χ0n) is 16.9. The van der Waals surface area contributed by atoms with Crippen LogP contribution in [0.1, 0.15) is 26.5 Å². The standard InChI is InChI=1S/C20H29N5O2S/c1-5-23(13-15(2)3)19(27)16(4)24-8-6-22(7-9-24)14-17-12-18(26)25-10-11-28-20(25)21-17/h10-12,16H,2,5-9,13-14H2,1,3-4H3. The average molecular weight is 404 g/mol. The molecule has 1 aliphatic heterocycles. The molecule has 1 amide bonds. The first-order valence-corrected chi connectivity index (χ1v) is 10.6. The van der Waals surface area contributed by atoms with E-state index in [2.05, 4.69) is 21.4 Å². The highest BCUT2D eigenvalue weighted by Crippen LogP contribution is 2.13. The van der Waals surface area contributed by atoms with Gasteiger partial charge in [-0.2, -0.15) is 0 Å². The maximum absolute atomic E-state index is 12.8. The number of likely N-dealkylation sites (N-methyl/N-ethyl adjacent to an activating group) is 1. The highest BCUT2D eigenvalue weighted by molar-refractivity contribution is 7.15. The van der Waals surface area contributed by atoms with Gasteiger partial charge in [0.25, 0.3) is 5.56 Å². The van der Waals surface area contributed by atoms with E-state index in [4.69, 9.17) is 0 Å². The second-order valence-electron chi connectivity index (χ2n) is 7.44. The summed E-state index contributed by atoms with van der Waals surface area (Å²) in [6, 6.07) is 1.49. The molecule has 0 spiro atoms. The van der Waals surface area contributed by atoms with Gasteiger partial charge in [0.1, 0.15) is 0 Å². The van der Waals surface area contributed by atoms with Crippen LogP contribution in [0.3, 0.4) is 0 Å². The maximum atomic E-state index is 12.8. The normalized spacial score (nSPS) is 17.0. The minimum atomic E-state index is -0.133. The lowest BCUT2D eigenvalue weighted by Crippen LogP contribution is -2.54. The Hall–Kier alpha value is -2.03. The number of carbonyl (C=O) groups excluding carboxylic acids is 1. The molecule has 1 aliphatic rings. The maximum Gasteiger partial charge on any atom is 0.258 e. The van der Waals surface area contributed by atoms with Crippen LogP contribution in [-0.4, -0.2) is 75.3 Å². The molecule has 1 unspecified atom stereocenters. The molecule has 0 N–H and O–H groups in total. The van der Waals surface area contributed by atoms with Gasteiger partial charge in [-0.05, 0) is 20.8 Å². The Morgan fingerprint density at radius 2 is 2.07 bits per heavy atom. The number of aromatic nitrogens is 2. The van der Waals surface area contributed by atoms with Gasteiger partial charge in [0.2, 0.25) is 5.91 Å². The molecular formula is C20H29N5O2S. The molecule has 1 fully saturated rings. The Morgan fingerprint density at radius 3 is 2.71 bits per heavy atom. The minimum absolute atomic E-state index is 0.0312. The molecule has 152 valence electrons.